The van der Waals surface area contributed by atoms with Gasteiger partial charge in [0.05, 0.1) is 23.4 Å². The lowest BCUT2D eigenvalue weighted by molar-refractivity contribution is -0.134. The number of aliphatic hydroxyl groups excluding tert-OH is 3. The molecule has 4 N–H and O–H groups in total. The van der Waals surface area contributed by atoms with E-state index in [4.69, 9.17) is 10.2 Å². The van der Waals surface area contributed by atoms with Crippen molar-refractivity contribution in [1.82, 2.24) is 5.32 Å². The van der Waals surface area contributed by atoms with Gasteiger partial charge in [-0.25, -0.2) is 8.42 Å². The first-order chi connectivity index (χ1) is 9.77. The first kappa shape index (κ1) is 17.6. The van der Waals surface area contributed by atoms with Crippen LogP contribution in [0.3, 0.4) is 0 Å². The maximum Gasteiger partial charge on any atom is 0.251 e. The molecule has 0 saturated heterocycles. The highest BCUT2D eigenvalue weighted by Gasteiger charge is 2.20. The van der Waals surface area contributed by atoms with Crippen molar-refractivity contribution in [3.63, 3.8) is 0 Å². The summed E-state index contributed by atoms with van der Waals surface area (Å²) >= 11 is 0. The van der Waals surface area contributed by atoms with Gasteiger partial charge in [-0.05, 0) is 24.6 Å². The minimum Gasteiger partial charge on any atom is -0.395 e. The van der Waals surface area contributed by atoms with Crippen molar-refractivity contribution < 1.29 is 28.5 Å². The molecule has 7 nitrogen and oxygen atoms in total. The second kappa shape index (κ2) is 7.51. The largest absolute Gasteiger partial charge is 0.395 e. The van der Waals surface area contributed by atoms with Crippen LogP contribution in [0.4, 0.5) is 0 Å². The molecule has 21 heavy (non-hydrogen) atoms. The van der Waals surface area contributed by atoms with Crippen molar-refractivity contribution >= 4 is 15.7 Å². The Balaban J connectivity index is 2.76. The van der Waals surface area contributed by atoms with Gasteiger partial charge in [-0.1, -0.05) is 12.1 Å². The number of rotatable bonds is 7. The summed E-state index contributed by atoms with van der Waals surface area (Å²) in [6.07, 6.45) is -2.73. The van der Waals surface area contributed by atoms with E-state index in [0.717, 1.165) is 0 Å². The van der Waals surface area contributed by atoms with Crippen LogP contribution in [0.15, 0.2) is 29.2 Å². The van der Waals surface area contributed by atoms with E-state index in [1.807, 2.05) is 0 Å². The lowest BCUT2D eigenvalue weighted by atomic mass is 10.2. The summed E-state index contributed by atoms with van der Waals surface area (Å²) in [5.74, 6) is -1.11. The molecule has 0 fully saturated rings. The van der Waals surface area contributed by atoms with Crippen LogP contribution < -0.4 is 5.32 Å². The molecule has 1 aromatic carbocycles. The fraction of sp³-hybridized carbons (Fsp3) is 0.462. The van der Waals surface area contributed by atoms with Gasteiger partial charge in [0.15, 0.2) is 15.9 Å². The molecule has 118 valence electrons. The molecule has 1 amide bonds. The number of benzene rings is 1. The molecule has 0 aliphatic heterocycles. The molecule has 0 saturated carbocycles. The molecular weight excluding hydrogens is 298 g/mol. The highest BCUT2D eigenvalue weighted by Crippen LogP contribution is 2.13. The van der Waals surface area contributed by atoms with Crippen LogP contribution in [0.2, 0.25) is 0 Å². The first-order valence-corrected chi connectivity index (χ1v) is 7.99. The van der Waals surface area contributed by atoms with Gasteiger partial charge in [0, 0.05) is 6.54 Å². The van der Waals surface area contributed by atoms with Gasteiger partial charge in [0.2, 0.25) is 0 Å². The van der Waals surface area contributed by atoms with Crippen molar-refractivity contribution in [3.05, 3.63) is 29.8 Å². The van der Waals surface area contributed by atoms with Gasteiger partial charge in [-0.3, -0.25) is 4.79 Å². The normalized spacial score (nSPS) is 14.5. The third-order valence-electron chi connectivity index (χ3n) is 2.81. The predicted octanol–water partition coefficient (Wildman–Crippen LogP) is -1.19. The van der Waals surface area contributed by atoms with E-state index in [9.17, 15) is 18.3 Å². The summed E-state index contributed by atoms with van der Waals surface area (Å²) in [5, 5.41) is 29.6. The lowest BCUT2D eigenvalue weighted by Gasteiger charge is -2.13. The predicted molar refractivity (Wildman–Crippen MR) is 75.1 cm³/mol. The highest BCUT2D eigenvalue weighted by atomic mass is 32.2. The molecule has 0 heterocycles. The number of amides is 1. The first-order valence-electron chi connectivity index (χ1n) is 6.34. The van der Waals surface area contributed by atoms with Crippen LogP contribution >= 0.6 is 0 Å². The summed E-state index contributed by atoms with van der Waals surface area (Å²) in [5.41, 5.74) is 0.528. The lowest BCUT2D eigenvalue weighted by Crippen LogP contribution is -2.40. The molecular formula is C13H19NO6S. The van der Waals surface area contributed by atoms with Gasteiger partial charge in [0.1, 0.15) is 0 Å². The molecule has 2 atom stereocenters. The molecule has 1 aromatic rings. The fourth-order valence-electron chi connectivity index (χ4n) is 1.60. The van der Waals surface area contributed by atoms with E-state index < -0.39 is 34.6 Å². The average Bonchev–Trinajstić information content (AvgIpc) is 2.44. The summed E-state index contributed by atoms with van der Waals surface area (Å²) in [6.45, 7) is 0.835. The van der Waals surface area contributed by atoms with Crippen LogP contribution in [-0.2, 0) is 21.2 Å². The minimum atomic E-state index is -3.55. The maximum absolute atomic E-state index is 11.8. The zero-order chi connectivity index (χ0) is 16.0. The van der Waals surface area contributed by atoms with Crippen molar-refractivity contribution in [2.75, 3.05) is 12.4 Å². The maximum atomic E-state index is 11.8. The van der Waals surface area contributed by atoms with E-state index in [1.165, 1.54) is 25.1 Å². The monoisotopic (exact) mass is 317 g/mol. The Bertz CT molecular complexity index is 584. The van der Waals surface area contributed by atoms with E-state index >= 15 is 0 Å². The van der Waals surface area contributed by atoms with Gasteiger partial charge in [-0.2, -0.15) is 0 Å². The molecule has 8 heteroatoms. The quantitative estimate of drug-likeness (QED) is 0.501. The molecule has 0 aromatic heterocycles. The van der Waals surface area contributed by atoms with Crippen molar-refractivity contribution in [1.29, 1.82) is 0 Å². The molecule has 0 aliphatic rings. The van der Waals surface area contributed by atoms with Crippen molar-refractivity contribution in [3.8, 4) is 0 Å². The van der Waals surface area contributed by atoms with Crippen LogP contribution in [0.5, 0.6) is 0 Å². The molecule has 0 aliphatic carbocycles. The summed E-state index contributed by atoms with van der Waals surface area (Å²) in [4.78, 5) is 11.5. The Morgan fingerprint density at radius 3 is 2.57 bits per heavy atom. The van der Waals surface area contributed by atoms with Crippen LogP contribution in [0, 0.1) is 0 Å². The molecule has 0 bridgehead atoms. The zero-order valence-corrected chi connectivity index (χ0v) is 12.4. The average molecular weight is 317 g/mol. The Kier molecular flexibility index (Phi) is 6.28. The summed E-state index contributed by atoms with van der Waals surface area (Å²) < 4.78 is 23.6. The zero-order valence-electron chi connectivity index (χ0n) is 11.6. The van der Waals surface area contributed by atoms with Crippen molar-refractivity contribution in [2.24, 2.45) is 0 Å². The topological polar surface area (TPSA) is 124 Å². The number of aliphatic hydroxyl groups is 3. The Labute approximate surface area is 123 Å². The standard InChI is InChI=1S/C13H19NO6S/c1-9(16)12(17)13(18)14-8-10-3-2-4-11(7-10)21(19,20)6-5-15/h2-4,7,9,12,15-17H,5-6,8H2,1H3,(H,14,18)/t9-,12+/m1/s1. The van der Waals surface area contributed by atoms with Gasteiger partial charge in [0.25, 0.3) is 5.91 Å². The van der Waals surface area contributed by atoms with E-state index in [-0.39, 0.29) is 17.2 Å². The smallest absolute Gasteiger partial charge is 0.251 e. The van der Waals surface area contributed by atoms with Gasteiger partial charge < -0.3 is 20.6 Å². The summed E-state index contributed by atoms with van der Waals surface area (Å²) in [6, 6.07) is 5.94. The second-order valence-corrected chi connectivity index (χ2v) is 6.70. The Morgan fingerprint density at radius 1 is 1.33 bits per heavy atom. The van der Waals surface area contributed by atoms with E-state index in [0.29, 0.717) is 5.56 Å². The van der Waals surface area contributed by atoms with Crippen LogP contribution in [0.1, 0.15) is 12.5 Å². The molecule has 1 rings (SSSR count). The van der Waals surface area contributed by atoms with Crippen LogP contribution in [-0.4, -0.2) is 54.2 Å². The highest BCUT2D eigenvalue weighted by molar-refractivity contribution is 7.91. The molecule has 0 unspecified atom stereocenters. The van der Waals surface area contributed by atoms with Gasteiger partial charge in [-0.15, -0.1) is 0 Å². The third-order valence-corrected chi connectivity index (χ3v) is 4.50. The van der Waals surface area contributed by atoms with Crippen molar-refractivity contribution in [2.45, 2.75) is 30.6 Å². The van der Waals surface area contributed by atoms with Crippen LogP contribution in [0.25, 0.3) is 0 Å². The Morgan fingerprint density at radius 2 is 2.00 bits per heavy atom. The van der Waals surface area contributed by atoms with E-state index in [1.54, 1.807) is 6.07 Å². The third kappa shape index (κ3) is 5.09. The molecule has 0 spiro atoms. The Hall–Kier alpha value is -1.48. The van der Waals surface area contributed by atoms with E-state index in [2.05, 4.69) is 5.32 Å². The number of nitrogens with one attached hydrogen (secondary N) is 1. The number of hydrogen-bond donors (Lipinski definition) is 4. The number of carbonyl (C=O) groups excluding carboxylic acids is 1. The number of sulfone groups is 1. The molecule has 0 radical (unpaired) electrons. The second-order valence-electron chi connectivity index (χ2n) is 4.59. The number of hydrogen-bond acceptors (Lipinski definition) is 6. The fourth-order valence-corrected chi connectivity index (χ4v) is 2.69. The summed E-state index contributed by atoms with van der Waals surface area (Å²) in [7, 11) is -3.55. The number of carbonyl (C=O) groups is 1. The SMILES string of the molecule is C[C@@H](O)[C@H](O)C(=O)NCc1cccc(S(=O)(=O)CCO)c1. The minimum absolute atomic E-state index is 0.0189. The van der Waals surface area contributed by atoms with Gasteiger partial charge >= 0.3 is 0 Å².